The summed E-state index contributed by atoms with van der Waals surface area (Å²) in [5, 5.41) is 2.77. The van der Waals surface area contributed by atoms with Crippen LogP contribution in [0.1, 0.15) is 24.9 Å². The molecule has 1 rings (SSSR count). The second-order valence-corrected chi connectivity index (χ2v) is 6.87. The summed E-state index contributed by atoms with van der Waals surface area (Å²) in [5.41, 5.74) is 6.99. The van der Waals surface area contributed by atoms with Crippen molar-refractivity contribution in [3.05, 3.63) is 35.9 Å². The van der Waals surface area contributed by atoms with Gasteiger partial charge in [-0.3, -0.25) is 4.79 Å². The highest BCUT2D eigenvalue weighted by Crippen LogP contribution is 2.18. The van der Waals surface area contributed by atoms with Crippen LogP contribution in [0.5, 0.6) is 0 Å². The van der Waals surface area contributed by atoms with Crippen LogP contribution in [-0.2, 0) is 14.8 Å². The summed E-state index contributed by atoms with van der Waals surface area (Å²) in [4.78, 5) is 12.0. The van der Waals surface area contributed by atoms with Crippen molar-refractivity contribution in [3.63, 3.8) is 0 Å². The predicted molar refractivity (Wildman–Crippen MR) is 83.0 cm³/mol. The fraction of sp³-hybridized carbons (Fsp3) is 0.500. The Hall–Kier alpha value is -1.44. The van der Waals surface area contributed by atoms with Gasteiger partial charge in [0.1, 0.15) is 0 Å². The topological polar surface area (TPSA) is 101 Å². The summed E-state index contributed by atoms with van der Waals surface area (Å²) in [6.07, 6.45) is 1.64. The molecule has 1 amide bonds. The van der Waals surface area contributed by atoms with Crippen molar-refractivity contribution in [2.75, 3.05) is 19.3 Å². The Balaban J connectivity index is 2.35. The van der Waals surface area contributed by atoms with E-state index in [0.717, 1.165) is 11.8 Å². The largest absolute Gasteiger partial charge is 0.356 e. The van der Waals surface area contributed by atoms with Crippen molar-refractivity contribution in [3.8, 4) is 0 Å². The zero-order chi connectivity index (χ0) is 15.9. The molecule has 0 heterocycles. The minimum atomic E-state index is -3.17. The second kappa shape index (κ2) is 8.11. The fourth-order valence-corrected chi connectivity index (χ4v) is 2.36. The minimum absolute atomic E-state index is 0.134. The molecule has 0 aliphatic carbocycles. The molecule has 0 aliphatic rings. The first-order chi connectivity index (χ1) is 9.81. The minimum Gasteiger partial charge on any atom is -0.356 e. The molecule has 118 valence electrons. The molecule has 21 heavy (non-hydrogen) atoms. The highest BCUT2D eigenvalue weighted by atomic mass is 32.2. The van der Waals surface area contributed by atoms with Crippen molar-refractivity contribution in [2.24, 2.45) is 11.7 Å². The first-order valence-corrected chi connectivity index (χ1v) is 8.73. The number of amides is 1. The van der Waals surface area contributed by atoms with Gasteiger partial charge in [0.25, 0.3) is 0 Å². The van der Waals surface area contributed by atoms with E-state index in [4.69, 9.17) is 5.73 Å². The number of nitrogens with one attached hydrogen (secondary N) is 2. The third-order valence-electron chi connectivity index (χ3n) is 3.15. The number of hydrogen-bond donors (Lipinski definition) is 3. The van der Waals surface area contributed by atoms with Gasteiger partial charge in [-0.15, -0.1) is 0 Å². The van der Waals surface area contributed by atoms with Crippen LogP contribution in [0.25, 0.3) is 0 Å². The number of rotatable bonds is 8. The van der Waals surface area contributed by atoms with Gasteiger partial charge in [-0.1, -0.05) is 37.3 Å². The molecule has 2 atom stereocenters. The van der Waals surface area contributed by atoms with Crippen molar-refractivity contribution < 1.29 is 13.2 Å². The van der Waals surface area contributed by atoms with Gasteiger partial charge in [0.2, 0.25) is 15.9 Å². The summed E-state index contributed by atoms with van der Waals surface area (Å²) >= 11 is 0. The summed E-state index contributed by atoms with van der Waals surface area (Å²) in [6.45, 7) is 2.49. The molecule has 0 aliphatic heterocycles. The maximum atomic E-state index is 12.0. The number of sulfonamides is 1. The Morgan fingerprint density at radius 2 is 1.86 bits per heavy atom. The number of benzene rings is 1. The van der Waals surface area contributed by atoms with E-state index in [1.54, 1.807) is 6.92 Å². The molecular weight excluding hydrogens is 290 g/mol. The van der Waals surface area contributed by atoms with Crippen LogP contribution < -0.4 is 15.8 Å². The monoisotopic (exact) mass is 313 g/mol. The van der Waals surface area contributed by atoms with E-state index in [1.165, 1.54) is 0 Å². The van der Waals surface area contributed by atoms with Gasteiger partial charge >= 0.3 is 0 Å². The maximum Gasteiger partial charge on any atom is 0.224 e. The highest BCUT2D eigenvalue weighted by Gasteiger charge is 2.21. The lowest BCUT2D eigenvalue weighted by Gasteiger charge is -2.19. The smallest absolute Gasteiger partial charge is 0.224 e. The normalized spacial score (nSPS) is 14.4. The van der Waals surface area contributed by atoms with Crippen LogP contribution in [0.2, 0.25) is 0 Å². The van der Waals surface area contributed by atoms with Crippen LogP contribution >= 0.6 is 0 Å². The molecule has 0 saturated heterocycles. The molecule has 2 unspecified atom stereocenters. The van der Waals surface area contributed by atoms with Crippen molar-refractivity contribution in [1.82, 2.24) is 10.0 Å². The number of nitrogens with two attached hydrogens (primary N) is 1. The van der Waals surface area contributed by atoms with Crippen LogP contribution in [0.4, 0.5) is 0 Å². The number of carbonyl (C=O) groups excluding carboxylic acids is 1. The zero-order valence-electron chi connectivity index (χ0n) is 12.4. The molecule has 1 aromatic rings. The molecule has 7 heteroatoms. The lowest BCUT2D eigenvalue weighted by Crippen LogP contribution is -2.37. The highest BCUT2D eigenvalue weighted by molar-refractivity contribution is 7.88. The molecular formula is C14H23N3O3S. The van der Waals surface area contributed by atoms with Crippen LogP contribution in [-0.4, -0.2) is 33.7 Å². The molecule has 0 bridgehead atoms. The van der Waals surface area contributed by atoms with Crippen LogP contribution in [0.3, 0.4) is 0 Å². The lowest BCUT2D eigenvalue weighted by atomic mass is 9.95. The summed E-state index contributed by atoms with van der Waals surface area (Å²) in [6, 6.07) is 9.10. The average Bonchev–Trinajstić information content (AvgIpc) is 2.44. The molecule has 0 aromatic heterocycles. The van der Waals surface area contributed by atoms with Gasteiger partial charge in [0.05, 0.1) is 12.2 Å². The third kappa shape index (κ3) is 6.70. The molecule has 0 radical (unpaired) electrons. The molecule has 0 spiro atoms. The van der Waals surface area contributed by atoms with Crippen LogP contribution in [0.15, 0.2) is 30.3 Å². The third-order valence-corrected chi connectivity index (χ3v) is 3.88. The average molecular weight is 313 g/mol. The van der Waals surface area contributed by atoms with E-state index in [2.05, 4.69) is 10.0 Å². The van der Waals surface area contributed by atoms with Gasteiger partial charge in [0, 0.05) is 19.1 Å². The van der Waals surface area contributed by atoms with Gasteiger partial charge in [0.15, 0.2) is 0 Å². The quantitative estimate of drug-likeness (QED) is 0.604. The van der Waals surface area contributed by atoms with Crippen molar-refractivity contribution in [2.45, 2.75) is 19.4 Å². The van der Waals surface area contributed by atoms with Gasteiger partial charge in [-0.2, -0.15) is 0 Å². The number of carbonyl (C=O) groups is 1. The van der Waals surface area contributed by atoms with E-state index < -0.39 is 10.0 Å². The zero-order valence-corrected chi connectivity index (χ0v) is 13.2. The Morgan fingerprint density at radius 3 is 2.43 bits per heavy atom. The maximum absolute atomic E-state index is 12.0. The van der Waals surface area contributed by atoms with Gasteiger partial charge in [-0.25, -0.2) is 13.1 Å². The van der Waals surface area contributed by atoms with Crippen molar-refractivity contribution >= 4 is 15.9 Å². The Labute approximate surface area is 126 Å². The molecule has 0 fully saturated rings. The lowest BCUT2D eigenvalue weighted by molar-refractivity contribution is -0.125. The molecule has 4 N–H and O–H groups in total. The SMILES string of the molecule is CC(C(=O)NCCCNS(C)(=O)=O)C(N)c1ccccc1. The van der Waals surface area contributed by atoms with E-state index in [0.29, 0.717) is 19.5 Å². The standard InChI is InChI=1S/C14H23N3O3S/c1-11(13(15)12-7-4-3-5-8-12)14(18)16-9-6-10-17-21(2,19)20/h3-5,7-8,11,13,17H,6,9-10,15H2,1-2H3,(H,16,18). The summed E-state index contributed by atoms with van der Waals surface area (Å²) in [7, 11) is -3.17. The predicted octanol–water partition coefficient (Wildman–Crippen LogP) is 0.378. The first kappa shape index (κ1) is 17.6. The Bertz CT molecular complexity index is 546. The fourth-order valence-electron chi connectivity index (χ4n) is 1.85. The Morgan fingerprint density at radius 1 is 1.24 bits per heavy atom. The first-order valence-electron chi connectivity index (χ1n) is 6.84. The van der Waals surface area contributed by atoms with Gasteiger partial charge in [-0.05, 0) is 12.0 Å². The second-order valence-electron chi connectivity index (χ2n) is 5.04. The molecule has 1 aromatic carbocycles. The van der Waals surface area contributed by atoms with E-state index >= 15 is 0 Å². The number of hydrogen-bond acceptors (Lipinski definition) is 4. The van der Waals surface area contributed by atoms with Gasteiger partial charge < -0.3 is 11.1 Å². The molecule has 0 saturated carbocycles. The van der Waals surface area contributed by atoms with Crippen molar-refractivity contribution in [1.29, 1.82) is 0 Å². The summed E-state index contributed by atoms with van der Waals surface area (Å²) < 4.78 is 24.1. The molecule has 6 nitrogen and oxygen atoms in total. The van der Waals surface area contributed by atoms with E-state index in [-0.39, 0.29) is 17.9 Å². The Kier molecular flexibility index (Phi) is 6.80. The van der Waals surface area contributed by atoms with Crippen LogP contribution in [0, 0.1) is 5.92 Å². The summed E-state index contributed by atoms with van der Waals surface area (Å²) in [5.74, 6) is -0.485. The van der Waals surface area contributed by atoms with E-state index in [1.807, 2.05) is 30.3 Å². The van der Waals surface area contributed by atoms with E-state index in [9.17, 15) is 13.2 Å².